The van der Waals surface area contributed by atoms with Gasteiger partial charge in [-0.3, -0.25) is 4.79 Å². The van der Waals surface area contributed by atoms with E-state index in [0.717, 1.165) is 10.6 Å². The zero-order chi connectivity index (χ0) is 10.8. The standard InChI is InChI=1S/C11H9NO3/c1-8(9-5-3-2-4-6-9)12-10(13)7-11(14)15-12/h2-6H,1,7H2. The molecule has 0 aromatic heterocycles. The van der Waals surface area contributed by atoms with E-state index in [-0.39, 0.29) is 12.3 Å². The summed E-state index contributed by atoms with van der Waals surface area (Å²) in [5.74, 6) is -0.925. The molecular formula is C11H9NO3. The molecule has 0 bridgehead atoms. The van der Waals surface area contributed by atoms with Crippen LogP contribution in [0.2, 0.25) is 0 Å². The molecule has 1 fully saturated rings. The number of hydrogen-bond acceptors (Lipinski definition) is 3. The van der Waals surface area contributed by atoms with Gasteiger partial charge in [-0.25, -0.2) is 4.79 Å². The summed E-state index contributed by atoms with van der Waals surface area (Å²) in [5.41, 5.74) is 1.13. The molecule has 0 aliphatic carbocycles. The quantitative estimate of drug-likeness (QED) is 0.681. The highest BCUT2D eigenvalue weighted by Crippen LogP contribution is 2.22. The largest absolute Gasteiger partial charge is 0.342 e. The lowest BCUT2D eigenvalue weighted by Crippen LogP contribution is -2.21. The molecule has 0 unspecified atom stereocenters. The summed E-state index contributed by atoms with van der Waals surface area (Å²) in [6.45, 7) is 3.72. The monoisotopic (exact) mass is 203 g/mol. The van der Waals surface area contributed by atoms with Gasteiger partial charge < -0.3 is 4.84 Å². The Kier molecular flexibility index (Phi) is 2.25. The molecule has 15 heavy (non-hydrogen) atoms. The third-order valence-electron chi connectivity index (χ3n) is 2.07. The lowest BCUT2D eigenvalue weighted by atomic mass is 10.2. The maximum atomic E-state index is 11.3. The van der Waals surface area contributed by atoms with Gasteiger partial charge in [0.15, 0.2) is 0 Å². The van der Waals surface area contributed by atoms with E-state index in [1.54, 1.807) is 12.1 Å². The van der Waals surface area contributed by atoms with Crippen molar-refractivity contribution >= 4 is 17.6 Å². The Labute approximate surface area is 86.7 Å². The van der Waals surface area contributed by atoms with Gasteiger partial charge in [-0.2, -0.15) is 0 Å². The van der Waals surface area contributed by atoms with Crippen molar-refractivity contribution in [2.24, 2.45) is 0 Å². The van der Waals surface area contributed by atoms with Crippen molar-refractivity contribution in [2.75, 3.05) is 0 Å². The molecule has 1 amide bonds. The highest BCUT2D eigenvalue weighted by Gasteiger charge is 2.32. The van der Waals surface area contributed by atoms with Gasteiger partial charge >= 0.3 is 5.97 Å². The Hall–Kier alpha value is -2.10. The van der Waals surface area contributed by atoms with Gasteiger partial charge in [0.05, 0.1) is 5.70 Å². The summed E-state index contributed by atoms with van der Waals surface area (Å²) in [4.78, 5) is 26.9. The van der Waals surface area contributed by atoms with Crippen LogP contribution in [0.4, 0.5) is 0 Å². The molecule has 1 heterocycles. The number of rotatable bonds is 2. The van der Waals surface area contributed by atoms with Crippen LogP contribution in [-0.4, -0.2) is 16.9 Å². The topological polar surface area (TPSA) is 46.6 Å². The molecule has 0 N–H and O–H groups in total. The zero-order valence-corrected chi connectivity index (χ0v) is 7.97. The number of hydroxylamine groups is 2. The van der Waals surface area contributed by atoms with Crippen molar-refractivity contribution in [3.8, 4) is 0 Å². The van der Waals surface area contributed by atoms with E-state index in [9.17, 15) is 9.59 Å². The van der Waals surface area contributed by atoms with Crippen molar-refractivity contribution in [3.63, 3.8) is 0 Å². The first-order valence-electron chi connectivity index (χ1n) is 4.46. The third kappa shape index (κ3) is 1.74. The Morgan fingerprint density at radius 1 is 1.27 bits per heavy atom. The molecule has 4 nitrogen and oxygen atoms in total. The smallest absolute Gasteiger partial charge is 0.333 e. The molecule has 0 saturated carbocycles. The minimum Gasteiger partial charge on any atom is -0.333 e. The minimum absolute atomic E-state index is 0.216. The summed E-state index contributed by atoms with van der Waals surface area (Å²) in [6, 6.07) is 9.09. The predicted octanol–water partition coefficient (Wildman–Crippen LogP) is 1.35. The van der Waals surface area contributed by atoms with Crippen LogP contribution in [0, 0.1) is 0 Å². The number of benzene rings is 1. The van der Waals surface area contributed by atoms with Gasteiger partial charge in [-0.1, -0.05) is 36.9 Å². The van der Waals surface area contributed by atoms with Crippen LogP contribution in [0.5, 0.6) is 0 Å². The highest BCUT2D eigenvalue weighted by atomic mass is 16.7. The summed E-state index contributed by atoms with van der Waals surface area (Å²) in [7, 11) is 0. The molecular weight excluding hydrogens is 194 g/mol. The number of amides is 1. The molecule has 4 heteroatoms. The second-order valence-electron chi connectivity index (χ2n) is 3.14. The molecule has 1 aliphatic heterocycles. The van der Waals surface area contributed by atoms with E-state index >= 15 is 0 Å². The van der Waals surface area contributed by atoms with Crippen LogP contribution < -0.4 is 0 Å². The normalized spacial score (nSPS) is 15.3. The number of hydrogen-bond donors (Lipinski definition) is 0. The fourth-order valence-corrected chi connectivity index (χ4v) is 1.33. The first-order chi connectivity index (χ1) is 7.18. The van der Waals surface area contributed by atoms with Gasteiger partial charge in [0, 0.05) is 5.56 Å². The van der Waals surface area contributed by atoms with E-state index in [0.29, 0.717) is 5.70 Å². The van der Waals surface area contributed by atoms with Crippen molar-refractivity contribution in [1.82, 2.24) is 5.06 Å². The van der Waals surface area contributed by atoms with Crippen LogP contribution in [0.25, 0.3) is 5.70 Å². The summed E-state index contributed by atoms with van der Waals surface area (Å²) in [6.07, 6.45) is -0.216. The molecule has 76 valence electrons. The fourth-order valence-electron chi connectivity index (χ4n) is 1.33. The van der Waals surface area contributed by atoms with Crippen molar-refractivity contribution < 1.29 is 14.4 Å². The second-order valence-corrected chi connectivity index (χ2v) is 3.14. The number of nitrogens with zero attached hydrogens (tertiary/aromatic N) is 1. The Bertz CT molecular complexity index is 425. The van der Waals surface area contributed by atoms with E-state index in [1.165, 1.54) is 0 Å². The SMILES string of the molecule is C=C(c1ccccc1)N1OC(=O)CC1=O. The average Bonchev–Trinajstić information content (AvgIpc) is 2.58. The predicted molar refractivity (Wildman–Crippen MR) is 53.0 cm³/mol. The Balaban J connectivity index is 2.23. The lowest BCUT2D eigenvalue weighted by Gasteiger charge is -2.15. The number of carbonyl (C=O) groups excluding carboxylic acids is 2. The van der Waals surface area contributed by atoms with Crippen LogP contribution in [0.15, 0.2) is 36.9 Å². The van der Waals surface area contributed by atoms with Crippen molar-refractivity contribution in [2.45, 2.75) is 6.42 Å². The minimum atomic E-state index is -0.544. The molecule has 1 aromatic rings. The molecule has 2 rings (SSSR count). The maximum Gasteiger partial charge on any atom is 0.342 e. The summed E-state index contributed by atoms with van der Waals surface area (Å²) >= 11 is 0. The van der Waals surface area contributed by atoms with Crippen LogP contribution in [0.3, 0.4) is 0 Å². The summed E-state index contributed by atoms with van der Waals surface area (Å²) < 4.78 is 0. The van der Waals surface area contributed by atoms with E-state index < -0.39 is 5.97 Å². The zero-order valence-electron chi connectivity index (χ0n) is 7.97. The Morgan fingerprint density at radius 3 is 2.47 bits per heavy atom. The van der Waals surface area contributed by atoms with Crippen LogP contribution >= 0.6 is 0 Å². The molecule has 1 saturated heterocycles. The van der Waals surface area contributed by atoms with E-state index in [2.05, 4.69) is 6.58 Å². The first-order valence-corrected chi connectivity index (χ1v) is 4.46. The Morgan fingerprint density at radius 2 is 1.93 bits per heavy atom. The molecule has 1 aliphatic rings. The van der Waals surface area contributed by atoms with Crippen LogP contribution in [-0.2, 0) is 14.4 Å². The van der Waals surface area contributed by atoms with Crippen molar-refractivity contribution in [1.29, 1.82) is 0 Å². The summed E-state index contributed by atoms with van der Waals surface area (Å²) in [5, 5.41) is 0.942. The molecule has 1 aromatic carbocycles. The molecule has 0 atom stereocenters. The first kappa shape index (κ1) is 9.45. The van der Waals surface area contributed by atoms with E-state index in [4.69, 9.17) is 4.84 Å². The maximum absolute atomic E-state index is 11.3. The van der Waals surface area contributed by atoms with Gasteiger partial charge in [0.25, 0.3) is 5.91 Å². The van der Waals surface area contributed by atoms with Crippen LogP contribution in [0.1, 0.15) is 12.0 Å². The van der Waals surface area contributed by atoms with Gasteiger partial charge in [0.2, 0.25) is 0 Å². The van der Waals surface area contributed by atoms with Gasteiger partial charge in [-0.15, -0.1) is 5.06 Å². The van der Waals surface area contributed by atoms with Gasteiger partial charge in [-0.05, 0) is 0 Å². The third-order valence-corrected chi connectivity index (χ3v) is 2.07. The molecule has 0 spiro atoms. The van der Waals surface area contributed by atoms with Gasteiger partial charge in [0.1, 0.15) is 6.42 Å². The van der Waals surface area contributed by atoms with E-state index in [1.807, 2.05) is 18.2 Å². The highest BCUT2D eigenvalue weighted by molar-refractivity contribution is 6.02. The van der Waals surface area contributed by atoms with Crippen molar-refractivity contribution in [3.05, 3.63) is 42.5 Å². The fraction of sp³-hybridized carbons (Fsp3) is 0.0909. The lowest BCUT2D eigenvalue weighted by molar-refractivity contribution is -0.165. The second kappa shape index (κ2) is 3.57. The average molecular weight is 203 g/mol. The number of carbonyl (C=O) groups is 2. The molecule has 0 radical (unpaired) electrons.